The summed E-state index contributed by atoms with van der Waals surface area (Å²) in [5.74, 6) is -2.27. The predicted octanol–water partition coefficient (Wildman–Crippen LogP) is 1.07. The highest BCUT2D eigenvalue weighted by molar-refractivity contribution is 5.03. The zero-order valence-corrected chi connectivity index (χ0v) is 6.45. The summed E-state index contributed by atoms with van der Waals surface area (Å²) in [5.41, 5.74) is 0. The van der Waals surface area contributed by atoms with E-state index in [1.165, 1.54) is 6.08 Å². The maximum Gasteiger partial charge on any atom is 0.222 e. The van der Waals surface area contributed by atoms with Gasteiger partial charge in [0.2, 0.25) is 5.79 Å². The SMILES string of the molecule is O/C1=C/CCCCCC1(O)O. The number of hydrogen-bond acceptors (Lipinski definition) is 3. The second-order valence-electron chi connectivity index (χ2n) is 3.01. The third-order valence-electron chi connectivity index (χ3n) is 1.98. The lowest BCUT2D eigenvalue weighted by Crippen LogP contribution is -2.31. The molecule has 1 rings (SSSR count). The molecular formula is C8H14O3. The molecule has 0 radical (unpaired) electrons. The molecule has 0 saturated carbocycles. The number of aliphatic hydroxyl groups excluding tert-OH is 1. The minimum Gasteiger partial charge on any atom is -0.507 e. The van der Waals surface area contributed by atoms with Crippen LogP contribution in [0.3, 0.4) is 0 Å². The van der Waals surface area contributed by atoms with Crippen LogP contribution in [-0.4, -0.2) is 21.1 Å². The van der Waals surface area contributed by atoms with Crippen LogP contribution in [0.15, 0.2) is 11.8 Å². The highest BCUT2D eigenvalue weighted by atomic mass is 16.5. The van der Waals surface area contributed by atoms with E-state index in [0.29, 0.717) is 0 Å². The number of allylic oxidation sites excluding steroid dienone is 1. The van der Waals surface area contributed by atoms with Crippen molar-refractivity contribution in [2.45, 2.75) is 37.9 Å². The fourth-order valence-corrected chi connectivity index (χ4v) is 1.22. The Morgan fingerprint density at radius 2 is 1.91 bits per heavy atom. The number of rotatable bonds is 0. The fourth-order valence-electron chi connectivity index (χ4n) is 1.22. The van der Waals surface area contributed by atoms with Crippen LogP contribution in [0.5, 0.6) is 0 Å². The van der Waals surface area contributed by atoms with Crippen molar-refractivity contribution in [3.05, 3.63) is 11.8 Å². The van der Waals surface area contributed by atoms with Gasteiger partial charge in [-0.3, -0.25) is 0 Å². The Kier molecular flexibility index (Phi) is 2.52. The Bertz CT molecular complexity index is 161. The Labute approximate surface area is 66.0 Å². The third-order valence-corrected chi connectivity index (χ3v) is 1.98. The zero-order chi connectivity index (χ0) is 8.32. The minimum absolute atomic E-state index is 0.231. The largest absolute Gasteiger partial charge is 0.507 e. The van der Waals surface area contributed by atoms with Gasteiger partial charge in [-0.05, 0) is 25.3 Å². The number of hydrogen-bond donors (Lipinski definition) is 3. The van der Waals surface area contributed by atoms with Gasteiger partial charge in [0, 0.05) is 6.42 Å². The van der Waals surface area contributed by atoms with E-state index in [0.717, 1.165) is 25.7 Å². The Hall–Kier alpha value is -0.540. The summed E-state index contributed by atoms with van der Waals surface area (Å²) < 4.78 is 0. The first-order valence-electron chi connectivity index (χ1n) is 3.97. The van der Waals surface area contributed by atoms with Crippen molar-refractivity contribution in [1.82, 2.24) is 0 Å². The molecule has 3 nitrogen and oxygen atoms in total. The molecule has 0 unspecified atom stereocenters. The normalized spacial score (nSPS) is 29.8. The average molecular weight is 158 g/mol. The maximum atomic E-state index is 9.19. The van der Waals surface area contributed by atoms with E-state index in [9.17, 15) is 10.2 Å². The predicted molar refractivity (Wildman–Crippen MR) is 41.0 cm³/mol. The van der Waals surface area contributed by atoms with Gasteiger partial charge in [0.1, 0.15) is 5.76 Å². The lowest BCUT2D eigenvalue weighted by molar-refractivity contribution is -0.158. The molecule has 64 valence electrons. The molecule has 1 aliphatic carbocycles. The fraction of sp³-hybridized carbons (Fsp3) is 0.750. The van der Waals surface area contributed by atoms with Gasteiger partial charge >= 0.3 is 0 Å². The second-order valence-corrected chi connectivity index (χ2v) is 3.01. The van der Waals surface area contributed by atoms with Gasteiger partial charge in [-0.25, -0.2) is 0 Å². The molecule has 0 amide bonds. The van der Waals surface area contributed by atoms with Crippen molar-refractivity contribution in [2.24, 2.45) is 0 Å². The Morgan fingerprint density at radius 3 is 2.64 bits per heavy atom. The van der Waals surface area contributed by atoms with E-state index >= 15 is 0 Å². The van der Waals surface area contributed by atoms with Gasteiger partial charge in [0.25, 0.3) is 0 Å². The van der Waals surface area contributed by atoms with Gasteiger partial charge in [0.15, 0.2) is 0 Å². The van der Waals surface area contributed by atoms with Gasteiger partial charge in [-0.2, -0.15) is 0 Å². The summed E-state index contributed by atoms with van der Waals surface area (Å²) in [4.78, 5) is 0. The summed E-state index contributed by atoms with van der Waals surface area (Å²) in [7, 11) is 0. The van der Waals surface area contributed by atoms with Crippen LogP contribution in [0.25, 0.3) is 0 Å². The lowest BCUT2D eigenvalue weighted by Gasteiger charge is -2.22. The minimum atomic E-state index is -1.97. The molecule has 0 bridgehead atoms. The molecule has 0 aromatic carbocycles. The van der Waals surface area contributed by atoms with Crippen molar-refractivity contribution in [3.63, 3.8) is 0 Å². The van der Waals surface area contributed by atoms with Crippen molar-refractivity contribution in [2.75, 3.05) is 0 Å². The van der Waals surface area contributed by atoms with Crippen LogP contribution in [0.1, 0.15) is 32.1 Å². The van der Waals surface area contributed by atoms with Crippen molar-refractivity contribution in [3.8, 4) is 0 Å². The maximum absolute atomic E-state index is 9.19. The number of aliphatic hydroxyl groups is 3. The molecule has 0 atom stereocenters. The van der Waals surface area contributed by atoms with E-state index in [1.807, 2.05) is 0 Å². The van der Waals surface area contributed by atoms with Gasteiger partial charge < -0.3 is 15.3 Å². The molecule has 0 saturated heterocycles. The van der Waals surface area contributed by atoms with Crippen LogP contribution in [0.2, 0.25) is 0 Å². The van der Waals surface area contributed by atoms with Crippen LogP contribution < -0.4 is 0 Å². The van der Waals surface area contributed by atoms with Gasteiger partial charge in [-0.1, -0.05) is 6.42 Å². The molecule has 0 spiro atoms. The van der Waals surface area contributed by atoms with E-state index in [2.05, 4.69) is 0 Å². The third kappa shape index (κ3) is 2.20. The molecule has 0 fully saturated rings. The molecule has 11 heavy (non-hydrogen) atoms. The lowest BCUT2D eigenvalue weighted by atomic mass is 10.0. The van der Waals surface area contributed by atoms with Crippen LogP contribution >= 0.6 is 0 Å². The standard InChI is InChI=1S/C8H14O3/c9-7-5-3-1-2-4-6-8(7,10)11/h5,9-11H,1-4,6H2/b7-5+. The quantitative estimate of drug-likeness (QED) is 0.462. The van der Waals surface area contributed by atoms with Gasteiger partial charge in [0.05, 0.1) is 0 Å². The topological polar surface area (TPSA) is 60.7 Å². The summed E-state index contributed by atoms with van der Waals surface area (Å²) in [6.45, 7) is 0. The summed E-state index contributed by atoms with van der Waals surface area (Å²) in [6.07, 6.45) is 5.21. The van der Waals surface area contributed by atoms with Crippen LogP contribution in [0, 0.1) is 0 Å². The first-order valence-corrected chi connectivity index (χ1v) is 3.97. The van der Waals surface area contributed by atoms with Crippen LogP contribution in [-0.2, 0) is 0 Å². The first-order chi connectivity index (χ1) is 5.13. The van der Waals surface area contributed by atoms with Crippen molar-refractivity contribution in [1.29, 1.82) is 0 Å². The highest BCUT2D eigenvalue weighted by Crippen LogP contribution is 2.22. The van der Waals surface area contributed by atoms with E-state index in [4.69, 9.17) is 5.11 Å². The van der Waals surface area contributed by atoms with Crippen LogP contribution in [0.4, 0.5) is 0 Å². The van der Waals surface area contributed by atoms with Crippen molar-refractivity contribution >= 4 is 0 Å². The van der Waals surface area contributed by atoms with E-state index in [-0.39, 0.29) is 12.2 Å². The van der Waals surface area contributed by atoms with Crippen molar-refractivity contribution < 1.29 is 15.3 Å². The average Bonchev–Trinajstić information content (AvgIpc) is 1.93. The van der Waals surface area contributed by atoms with Gasteiger partial charge in [-0.15, -0.1) is 0 Å². The molecule has 0 heterocycles. The highest BCUT2D eigenvalue weighted by Gasteiger charge is 2.28. The van der Waals surface area contributed by atoms with E-state index in [1.54, 1.807) is 0 Å². The Morgan fingerprint density at radius 1 is 1.18 bits per heavy atom. The summed E-state index contributed by atoms with van der Waals surface area (Å²) in [5, 5.41) is 27.5. The molecule has 0 aromatic rings. The second kappa shape index (κ2) is 3.24. The molecule has 1 aliphatic rings. The first kappa shape index (κ1) is 8.56. The summed E-state index contributed by atoms with van der Waals surface area (Å²) in [6, 6.07) is 0. The Balaban J connectivity index is 2.67. The van der Waals surface area contributed by atoms with E-state index < -0.39 is 5.79 Å². The molecule has 3 N–H and O–H groups in total. The molecular weight excluding hydrogens is 144 g/mol. The monoisotopic (exact) mass is 158 g/mol. The molecule has 0 aromatic heterocycles. The molecule has 0 aliphatic heterocycles. The summed E-state index contributed by atoms with van der Waals surface area (Å²) >= 11 is 0. The zero-order valence-electron chi connectivity index (χ0n) is 6.45. The molecule has 3 heteroatoms. The smallest absolute Gasteiger partial charge is 0.222 e.